The first-order valence-corrected chi connectivity index (χ1v) is 7.10. The topological polar surface area (TPSA) is 24.9 Å². The van der Waals surface area contributed by atoms with Gasteiger partial charge in [-0.25, -0.2) is 0 Å². The predicted octanol–water partition coefficient (Wildman–Crippen LogP) is 1.88. The molecule has 1 aliphatic rings. The first kappa shape index (κ1) is 14.9. The quantitative estimate of drug-likeness (QED) is 0.741. The van der Waals surface area contributed by atoms with Gasteiger partial charge in [-0.1, -0.05) is 18.2 Å². The Morgan fingerprint density at radius 3 is 2.60 bits per heavy atom. The van der Waals surface area contributed by atoms with Crippen molar-refractivity contribution in [1.29, 1.82) is 0 Å². The Bertz CT molecular complexity index is 426. The molecule has 1 fully saturated rings. The number of methoxy groups -OCH3 is 1. The van der Waals surface area contributed by atoms with Gasteiger partial charge in [0, 0.05) is 38.8 Å². The number of hydrogen-bond acceptors (Lipinski definition) is 4. The van der Waals surface area contributed by atoms with Crippen molar-refractivity contribution in [2.24, 2.45) is 0 Å². The Hall–Kier alpha value is -1.52. The summed E-state index contributed by atoms with van der Waals surface area (Å²) in [6, 6.07) is 7.68. The van der Waals surface area contributed by atoms with Crippen molar-refractivity contribution < 1.29 is 9.47 Å². The largest absolute Gasteiger partial charge is 0.497 e. The number of piperazine rings is 1. The van der Waals surface area contributed by atoms with Gasteiger partial charge in [0.25, 0.3) is 0 Å². The summed E-state index contributed by atoms with van der Waals surface area (Å²) in [5, 5.41) is 0. The minimum absolute atomic E-state index is 0.598. The standard InChI is InChI=1S/C16H24N2O2/c1-17-9-11-18(12-10-17)8-3-4-13-20-16-7-5-6-15(14-16)19-2/h3-7,14H,8-13H2,1-2H3. The molecule has 0 N–H and O–H groups in total. The minimum Gasteiger partial charge on any atom is -0.497 e. The molecular formula is C16H24N2O2. The predicted molar refractivity (Wildman–Crippen MR) is 81.6 cm³/mol. The van der Waals surface area contributed by atoms with Crippen LogP contribution in [0.15, 0.2) is 36.4 Å². The summed E-state index contributed by atoms with van der Waals surface area (Å²) in [6.45, 7) is 6.23. The highest BCUT2D eigenvalue weighted by Crippen LogP contribution is 2.18. The third kappa shape index (κ3) is 4.87. The number of ether oxygens (including phenoxy) is 2. The smallest absolute Gasteiger partial charge is 0.123 e. The molecule has 2 rings (SSSR count). The molecular weight excluding hydrogens is 252 g/mol. The van der Waals surface area contributed by atoms with Crippen LogP contribution in [0.2, 0.25) is 0 Å². The molecule has 0 aromatic heterocycles. The van der Waals surface area contributed by atoms with Crippen LogP contribution in [-0.2, 0) is 0 Å². The third-order valence-corrected chi connectivity index (χ3v) is 3.51. The van der Waals surface area contributed by atoms with Gasteiger partial charge >= 0.3 is 0 Å². The lowest BCUT2D eigenvalue weighted by Gasteiger charge is -2.31. The monoisotopic (exact) mass is 276 g/mol. The molecule has 1 aromatic carbocycles. The van der Waals surface area contributed by atoms with Crippen LogP contribution in [0.3, 0.4) is 0 Å². The van der Waals surface area contributed by atoms with E-state index < -0.39 is 0 Å². The second-order valence-electron chi connectivity index (χ2n) is 5.07. The lowest BCUT2D eigenvalue weighted by Crippen LogP contribution is -2.44. The summed E-state index contributed by atoms with van der Waals surface area (Å²) in [5.41, 5.74) is 0. The molecule has 1 saturated heterocycles. The summed E-state index contributed by atoms with van der Waals surface area (Å²) in [4.78, 5) is 4.83. The Labute approximate surface area is 121 Å². The molecule has 0 atom stereocenters. The lowest BCUT2D eigenvalue weighted by atomic mass is 10.3. The first-order chi connectivity index (χ1) is 9.78. The average Bonchev–Trinajstić information content (AvgIpc) is 2.49. The van der Waals surface area contributed by atoms with Crippen LogP contribution >= 0.6 is 0 Å². The molecule has 4 heteroatoms. The van der Waals surface area contributed by atoms with Crippen LogP contribution in [0.25, 0.3) is 0 Å². The molecule has 4 nitrogen and oxygen atoms in total. The maximum atomic E-state index is 5.66. The first-order valence-electron chi connectivity index (χ1n) is 7.10. The highest BCUT2D eigenvalue weighted by molar-refractivity contribution is 5.32. The zero-order valence-electron chi connectivity index (χ0n) is 12.4. The second kappa shape index (κ2) is 7.92. The molecule has 0 unspecified atom stereocenters. The van der Waals surface area contributed by atoms with Crippen LogP contribution in [-0.4, -0.2) is 63.3 Å². The van der Waals surface area contributed by atoms with E-state index in [1.807, 2.05) is 24.3 Å². The van der Waals surface area contributed by atoms with E-state index in [1.165, 1.54) is 0 Å². The summed E-state index contributed by atoms with van der Waals surface area (Å²) in [6.07, 6.45) is 4.27. The van der Waals surface area contributed by atoms with Gasteiger partial charge < -0.3 is 14.4 Å². The number of likely N-dealkylation sites (N-methyl/N-ethyl adjacent to an activating group) is 1. The van der Waals surface area contributed by atoms with Crippen LogP contribution in [0, 0.1) is 0 Å². The van der Waals surface area contributed by atoms with Crippen LogP contribution < -0.4 is 9.47 Å². The van der Waals surface area contributed by atoms with E-state index in [0.29, 0.717) is 6.61 Å². The van der Waals surface area contributed by atoms with Gasteiger partial charge in [-0.2, -0.15) is 0 Å². The molecule has 0 saturated carbocycles. The van der Waals surface area contributed by atoms with Crippen LogP contribution in [0.5, 0.6) is 11.5 Å². The second-order valence-corrected chi connectivity index (χ2v) is 5.07. The fourth-order valence-electron chi connectivity index (χ4n) is 2.16. The molecule has 110 valence electrons. The zero-order valence-corrected chi connectivity index (χ0v) is 12.4. The highest BCUT2D eigenvalue weighted by Gasteiger charge is 2.11. The van der Waals surface area contributed by atoms with E-state index in [9.17, 15) is 0 Å². The van der Waals surface area contributed by atoms with Crippen molar-refractivity contribution in [3.8, 4) is 11.5 Å². The summed E-state index contributed by atoms with van der Waals surface area (Å²) >= 11 is 0. The van der Waals surface area contributed by atoms with Crippen LogP contribution in [0.4, 0.5) is 0 Å². The average molecular weight is 276 g/mol. The molecule has 0 radical (unpaired) electrons. The van der Waals surface area contributed by atoms with E-state index in [4.69, 9.17) is 9.47 Å². The molecule has 0 amide bonds. The molecule has 1 aromatic rings. The van der Waals surface area contributed by atoms with Crippen molar-refractivity contribution in [2.45, 2.75) is 0 Å². The SMILES string of the molecule is COc1cccc(OCC=CCN2CCN(C)CC2)c1. The fourth-order valence-corrected chi connectivity index (χ4v) is 2.16. The van der Waals surface area contributed by atoms with Crippen molar-refractivity contribution in [2.75, 3.05) is 53.5 Å². The van der Waals surface area contributed by atoms with Crippen molar-refractivity contribution in [3.63, 3.8) is 0 Å². The van der Waals surface area contributed by atoms with Gasteiger partial charge in [0.15, 0.2) is 0 Å². The molecule has 20 heavy (non-hydrogen) atoms. The Morgan fingerprint density at radius 2 is 1.85 bits per heavy atom. The number of rotatable bonds is 6. The summed E-state index contributed by atoms with van der Waals surface area (Å²) in [5.74, 6) is 1.66. The van der Waals surface area contributed by atoms with Crippen molar-refractivity contribution >= 4 is 0 Å². The Morgan fingerprint density at radius 1 is 1.10 bits per heavy atom. The van der Waals surface area contributed by atoms with E-state index in [1.54, 1.807) is 7.11 Å². The molecule has 0 spiro atoms. The van der Waals surface area contributed by atoms with E-state index in [0.717, 1.165) is 44.2 Å². The number of benzene rings is 1. The van der Waals surface area contributed by atoms with Gasteiger partial charge in [0.05, 0.1) is 7.11 Å². The zero-order chi connectivity index (χ0) is 14.2. The van der Waals surface area contributed by atoms with E-state index in [2.05, 4.69) is 29.0 Å². The summed E-state index contributed by atoms with van der Waals surface area (Å²) in [7, 11) is 3.84. The normalized spacial score (nSPS) is 17.5. The fraction of sp³-hybridized carbons (Fsp3) is 0.500. The van der Waals surface area contributed by atoms with Crippen LogP contribution in [0.1, 0.15) is 0 Å². The van der Waals surface area contributed by atoms with E-state index in [-0.39, 0.29) is 0 Å². The van der Waals surface area contributed by atoms with Crippen molar-refractivity contribution in [3.05, 3.63) is 36.4 Å². The Kier molecular flexibility index (Phi) is 5.89. The van der Waals surface area contributed by atoms with Gasteiger partial charge in [-0.3, -0.25) is 4.90 Å². The van der Waals surface area contributed by atoms with Crippen molar-refractivity contribution in [1.82, 2.24) is 9.80 Å². The molecule has 0 bridgehead atoms. The van der Waals surface area contributed by atoms with E-state index >= 15 is 0 Å². The van der Waals surface area contributed by atoms with Gasteiger partial charge in [-0.05, 0) is 19.2 Å². The highest BCUT2D eigenvalue weighted by atomic mass is 16.5. The maximum Gasteiger partial charge on any atom is 0.123 e. The minimum atomic E-state index is 0.598. The third-order valence-electron chi connectivity index (χ3n) is 3.51. The lowest BCUT2D eigenvalue weighted by molar-refractivity contribution is 0.166. The Balaban J connectivity index is 1.66. The molecule has 1 aliphatic heterocycles. The molecule has 0 aliphatic carbocycles. The summed E-state index contributed by atoms with van der Waals surface area (Å²) < 4.78 is 10.8. The van der Waals surface area contributed by atoms with Gasteiger partial charge in [0.2, 0.25) is 0 Å². The van der Waals surface area contributed by atoms with Gasteiger partial charge in [0.1, 0.15) is 18.1 Å². The number of nitrogens with zero attached hydrogens (tertiary/aromatic N) is 2. The molecule has 1 heterocycles. The number of hydrogen-bond donors (Lipinski definition) is 0. The van der Waals surface area contributed by atoms with Gasteiger partial charge in [-0.15, -0.1) is 0 Å². The maximum absolute atomic E-state index is 5.66.